The van der Waals surface area contributed by atoms with Crippen LogP contribution < -0.4 is 4.74 Å². The van der Waals surface area contributed by atoms with E-state index in [0.29, 0.717) is 0 Å². The molecule has 2 N–H and O–H groups in total. The Morgan fingerprint density at radius 2 is 1.13 bits per heavy atom. The number of rotatable bonds is 7. The molecule has 0 heterocycles. The summed E-state index contributed by atoms with van der Waals surface area (Å²) in [5.74, 6) is 1.78. The molecule has 0 radical (unpaired) electrons. The smallest absolute Gasteiger partial charge is 0.130 e. The summed E-state index contributed by atoms with van der Waals surface area (Å²) in [7, 11) is 0. The molecular formula is C20H24O3. The lowest BCUT2D eigenvalue weighted by atomic mass is 10.1. The number of benzene rings is 2. The van der Waals surface area contributed by atoms with Gasteiger partial charge in [0.1, 0.15) is 11.5 Å². The zero-order valence-electron chi connectivity index (χ0n) is 13.3. The van der Waals surface area contributed by atoms with Crippen LogP contribution in [0.1, 0.15) is 11.1 Å². The van der Waals surface area contributed by atoms with Crippen LogP contribution in [-0.2, 0) is 12.8 Å². The van der Waals surface area contributed by atoms with Gasteiger partial charge in [-0.05, 0) is 36.1 Å². The number of ether oxygens (including phenoxy) is 1. The highest BCUT2D eigenvalue weighted by atomic mass is 16.5. The molecular weight excluding hydrogens is 288 g/mol. The third-order valence-corrected chi connectivity index (χ3v) is 2.99. The summed E-state index contributed by atoms with van der Waals surface area (Å²) in [6, 6.07) is 16.1. The van der Waals surface area contributed by atoms with E-state index in [-0.39, 0.29) is 13.2 Å². The highest BCUT2D eigenvalue weighted by Crippen LogP contribution is 2.28. The van der Waals surface area contributed by atoms with Gasteiger partial charge in [-0.2, -0.15) is 0 Å². The van der Waals surface area contributed by atoms with Gasteiger partial charge in [-0.15, -0.1) is 13.2 Å². The SMILES string of the molecule is C=CCc1ccccc1Oc1ccccc1CC=C.OCCO. The Morgan fingerprint density at radius 1 is 0.739 bits per heavy atom. The molecule has 0 spiro atoms. The van der Waals surface area contributed by atoms with E-state index in [2.05, 4.69) is 25.3 Å². The van der Waals surface area contributed by atoms with Gasteiger partial charge in [-0.3, -0.25) is 0 Å². The zero-order chi connectivity index (χ0) is 16.9. The summed E-state index contributed by atoms with van der Waals surface area (Å²) < 4.78 is 6.05. The minimum absolute atomic E-state index is 0.125. The Hall–Kier alpha value is -2.36. The molecule has 2 rings (SSSR count). The first-order valence-electron chi connectivity index (χ1n) is 7.54. The van der Waals surface area contributed by atoms with Gasteiger partial charge in [0.25, 0.3) is 0 Å². The van der Waals surface area contributed by atoms with Gasteiger partial charge in [0.05, 0.1) is 13.2 Å². The average molecular weight is 312 g/mol. The molecule has 0 saturated heterocycles. The molecule has 0 aromatic heterocycles. The monoisotopic (exact) mass is 312 g/mol. The third kappa shape index (κ3) is 6.51. The van der Waals surface area contributed by atoms with Crippen LogP contribution in [0.25, 0.3) is 0 Å². The van der Waals surface area contributed by atoms with Crippen LogP contribution in [0.15, 0.2) is 73.8 Å². The maximum Gasteiger partial charge on any atom is 0.130 e. The van der Waals surface area contributed by atoms with Gasteiger partial charge >= 0.3 is 0 Å². The van der Waals surface area contributed by atoms with Crippen molar-refractivity contribution in [2.75, 3.05) is 13.2 Å². The van der Waals surface area contributed by atoms with Crippen LogP contribution in [-0.4, -0.2) is 23.4 Å². The van der Waals surface area contributed by atoms with Crippen LogP contribution in [0.4, 0.5) is 0 Å². The van der Waals surface area contributed by atoms with Crippen molar-refractivity contribution < 1.29 is 14.9 Å². The van der Waals surface area contributed by atoms with E-state index in [1.807, 2.05) is 48.6 Å². The van der Waals surface area contributed by atoms with Crippen molar-refractivity contribution in [2.24, 2.45) is 0 Å². The molecule has 0 fully saturated rings. The normalized spacial score (nSPS) is 9.48. The van der Waals surface area contributed by atoms with Gasteiger partial charge in [0, 0.05) is 0 Å². The summed E-state index contributed by atoms with van der Waals surface area (Å²) in [6.45, 7) is 7.31. The molecule has 23 heavy (non-hydrogen) atoms. The van der Waals surface area contributed by atoms with Crippen LogP contribution in [0, 0.1) is 0 Å². The molecule has 3 nitrogen and oxygen atoms in total. The molecule has 0 aliphatic carbocycles. The Kier molecular flexibility index (Phi) is 9.13. The number of para-hydroxylation sites is 2. The molecule has 3 heteroatoms. The minimum atomic E-state index is -0.125. The van der Waals surface area contributed by atoms with Crippen molar-refractivity contribution >= 4 is 0 Å². The maximum absolute atomic E-state index is 7.62. The number of allylic oxidation sites excluding steroid dienone is 2. The minimum Gasteiger partial charge on any atom is -0.457 e. The molecule has 0 saturated carbocycles. The fourth-order valence-corrected chi connectivity index (χ4v) is 1.97. The summed E-state index contributed by atoms with van der Waals surface area (Å²) in [4.78, 5) is 0. The Morgan fingerprint density at radius 3 is 1.48 bits per heavy atom. The van der Waals surface area contributed by atoms with E-state index >= 15 is 0 Å². The lowest BCUT2D eigenvalue weighted by molar-refractivity contribution is 0.186. The quantitative estimate of drug-likeness (QED) is 0.762. The second-order valence-electron chi connectivity index (χ2n) is 4.75. The van der Waals surface area contributed by atoms with Crippen LogP contribution in [0.3, 0.4) is 0 Å². The molecule has 0 unspecified atom stereocenters. The molecule has 0 aliphatic rings. The highest BCUT2D eigenvalue weighted by Gasteiger charge is 2.06. The molecule has 0 atom stereocenters. The van der Waals surface area contributed by atoms with Crippen LogP contribution >= 0.6 is 0 Å². The molecule has 2 aromatic rings. The van der Waals surface area contributed by atoms with E-state index in [9.17, 15) is 0 Å². The van der Waals surface area contributed by atoms with Gasteiger partial charge in [0.2, 0.25) is 0 Å². The fourth-order valence-electron chi connectivity index (χ4n) is 1.97. The lowest BCUT2D eigenvalue weighted by Gasteiger charge is -2.12. The molecule has 0 amide bonds. The molecule has 2 aromatic carbocycles. The van der Waals surface area contributed by atoms with Gasteiger partial charge in [-0.1, -0.05) is 48.6 Å². The first-order valence-corrected chi connectivity index (χ1v) is 7.54. The van der Waals surface area contributed by atoms with Crippen molar-refractivity contribution in [3.05, 3.63) is 85.0 Å². The largest absolute Gasteiger partial charge is 0.457 e. The zero-order valence-corrected chi connectivity index (χ0v) is 13.3. The Labute approximate surface area is 138 Å². The van der Waals surface area contributed by atoms with Crippen LogP contribution in [0.5, 0.6) is 11.5 Å². The summed E-state index contributed by atoms with van der Waals surface area (Å²) in [6.07, 6.45) is 5.38. The summed E-state index contributed by atoms with van der Waals surface area (Å²) in [5, 5.41) is 15.2. The number of aliphatic hydroxyl groups excluding tert-OH is 2. The van der Waals surface area contributed by atoms with E-state index in [1.165, 1.54) is 0 Å². The molecule has 122 valence electrons. The van der Waals surface area contributed by atoms with Gasteiger partial charge < -0.3 is 14.9 Å². The predicted molar refractivity (Wildman–Crippen MR) is 94.9 cm³/mol. The predicted octanol–water partition coefficient (Wildman–Crippen LogP) is 3.91. The summed E-state index contributed by atoms with van der Waals surface area (Å²) in [5.41, 5.74) is 2.29. The van der Waals surface area contributed by atoms with Crippen molar-refractivity contribution in [3.8, 4) is 11.5 Å². The van der Waals surface area contributed by atoms with Crippen molar-refractivity contribution in [3.63, 3.8) is 0 Å². The first kappa shape index (κ1) is 18.7. The topological polar surface area (TPSA) is 49.7 Å². The fraction of sp³-hybridized carbons (Fsp3) is 0.200. The Balaban J connectivity index is 0.000000593. The van der Waals surface area contributed by atoms with Crippen molar-refractivity contribution in [1.29, 1.82) is 0 Å². The summed E-state index contributed by atoms with van der Waals surface area (Å²) >= 11 is 0. The van der Waals surface area contributed by atoms with Gasteiger partial charge in [0.15, 0.2) is 0 Å². The van der Waals surface area contributed by atoms with Crippen LogP contribution in [0.2, 0.25) is 0 Å². The van der Waals surface area contributed by atoms with Crippen molar-refractivity contribution in [1.82, 2.24) is 0 Å². The first-order chi connectivity index (χ1) is 11.3. The number of hydrogen-bond donors (Lipinski definition) is 2. The van der Waals surface area contributed by atoms with E-state index < -0.39 is 0 Å². The van der Waals surface area contributed by atoms with Crippen molar-refractivity contribution in [2.45, 2.75) is 12.8 Å². The maximum atomic E-state index is 7.62. The third-order valence-electron chi connectivity index (χ3n) is 2.99. The highest BCUT2D eigenvalue weighted by molar-refractivity contribution is 5.42. The van der Waals surface area contributed by atoms with E-state index in [1.54, 1.807) is 0 Å². The van der Waals surface area contributed by atoms with E-state index in [4.69, 9.17) is 14.9 Å². The molecule has 0 bridgehead atoms. The van der Waals surface area contributed by atoms with E-state index in [0.717, 1.165) is 35.5 Å². The number of aliphatic hydroxyl groups is 2. The standard InChI is InChI=1S/C18H18O.C2H6O2/c1-3-9-15-11-5-7-13-17(15)19-18-14-8-6-12-16(18)10-4-2;3-1-2-4/h3-8,11-14H,1-2,9-10H2;3-4H,1-2H2. The second kappa shape index (κ2) is 11.2. The lowest BCUT2D eigenvalue weighted by Crippen LogP contribution is -1.93. The second-order valence-corrected chi connectivity index (χ2v) is 4.75. The average Bonchev–Trinajstić information content (AvgIpc) is 2.59. The van der Waals surface area contributed by atoms with Gasteiger partial charge in [-0.25, -0.2) is 0 Å². The molecule has 0 aliphatic heterocycles. The Bertz CT molecular complexity index is 552. The number of hydrogen-bond acceptors (Lipinski definition) is 3.